The number of hydrogen-bond donors (Lipinski definition) is 3. The van der Waals surface area contributed by atoms with Crippen LogP contribution < -0.4 is 4.74 Å². The van der Waals surface area contributed by atoms with Crippen LogP contribution in [0, 0.1) is 0 Å². The lowest BCUT2D eigenvalue weighted by molar-refractivity contribution is 0.0640. The van der Waals surface area contributed by atoms with Gasteiger partial charge in [0.15, 0.2) is 5.69 Å². The lowest BCUT2D eigenvalue weighted by atomic mass is 10.0. The van der Waals surface area contributed by atoms with E-state index < -0.39 is 29.3 Å². The minimum absolute atomic E-state index is 0.0221. The highest BCUT2D eigenvalue weighted by Gasteiger charge is 2.27. The zero-order valence-corrected chi connectivity index (χ0v) is 8.58. The third-order valence-corrected chi connectivity index (χ3v) is 2.44. The second-order valence-electron chi connectivity index (χ2n) is 3.54. The molecule has 1 atom stereocenters. The van der Waals surface area contributed by atoms with Crippen molar-refractivity contribution in [2.75, 3.05) is 6.61 Å². The Labute approximate surface area is 95.3 Å². The molecule has 1 aromatic rings. The normalized spacial score (nSPS) is 18.1. The molecule has 1 aromatic heterocycles. The second-order valence-corrected chi connectivity index (χ2v) is 3.54. The van der Waals surface area contributed by atoms with Gasteiger partial charge in [-0.3, -0.25) is 0 Å². The van der Waals surface area contributed by atoms with Gasteiger partial charge in [0, 0.05) is 12.0 Å². The molecular formula is C10H9NO6. The Morgan fingerprint density at radius 1 is 1.35 bits per heavy atom. The van der Waals surface area contributed by atoms with E-state index in [1.807, 2.05) is 0 Å². The van der Waals surface area contributed by atoms with Crippen molar-refractivity contribution in [1.29, 1.82) is 0 Å². The van der Waals surface area contributed by atoms with Gasteiger partial charge in [0.2, 0.25) is 5.88 Å². The van der Waals surface area contributed by atoms with Crippen LogP contribution >= 0.6 is 0 Å². The minimum atomic E-state index is -1.45. The summed E-state index contributed by atoms with van der Waals surface area (Å²) in [6.45, 7) is 0.215. The van der Waals surface area contributed by atoms with E-state index in [1.165, 1.54) is 0 Å². The van der Waals surface area contributed by atoms with E-state index in [0.717, 1.165) is 6.07 Å². The molecular weight excluding hydrogens is 230 g/mol. The Hall–Kier alpha value is -2.15. The van der Waals surface area contributed by atoms with E-state index in [2.05, 4.69) is 4.98 Å². The summed E-state index contributed by atoms with van der Waals surface area (Å²) in [5, 5.41) is 27.4. The van der Waals surface area contributed by atoms with Crippen molar-refractivity contribution in [1.82, 2.24) is 4.98 Å². The fourth-order valence-electron chi connectivity index (χ4n) is 1.62. The molecule has 0 aromatic carbocycles. The molecule has 0 spiro atoms. The van der Waals surface area contributed by atoms with Gasteiger partial charge >= 0.3 is 11.9 Å². The van der Waals surface area contributed by atoms with Crippen molar-refractivity contribution < 1.29 is 29.6 Å². The fraction of sp³-hybridized carbons (Fsp3) is 0.300. The van der Waals surface area contributed by atoms with Crippen LogP contribution in [0.25, 0.3) is 0 Å². The van der Waals surface area contributed by atoms with E-state index >= 15 is 0 Å². The van der Waals surface area contributed by atoms with Crippen molar-refractivity contribution in [3.8, 4) is 5.88 Å². The molecule has 7 nitrogen and oxygen atoms in total. The van der Waals surface area contributed by atoms with E-state index in [0.29, 0.717) is 6.42 Å². The first-order valence-corrected chi connectivity index (χ1v) is 4.83. The third kappa shape index (κ3) is 1.92. The molecule has 1 aliphatic heterocycles. The second kappa shape index (κ2) is 4.02. The zero-order chi connectivity index (χ0) is 12.6. The first-order chi connectivity index (χ1) is 8.00. The maximum atomic E-state index is 10.9. The highest BCUT2D eigenvalue weighted by atomic mass is 16.5. The zero-order valence-electron chi connectivity index (χ0n) is 8.58. The molecule has 2 heterocycles. The molecule has 0 radical (unpaired) electrons. The Kier molecular flexibility index (Phi) is 2.68. The molecule has 0 saturated carbocycles. The molecule has 0 bridgehead atoms. The van der Waals surface area contributed by atoms with Crippen LogP contribution in [0.15, 0.2) is 6.07 Å². The monoisotopic (exact) mass is 239 g/mol. The van der Waals surface area contributed by atoms with Gasteiger partial charge in [0.1, 0.15) is 0 Å². The van der Waals surface area contributed by atoms with Crippen molar-refractivity contribution >= 4 is 11.9 Å². The standard InChI is InChI=1S/C10H9NO6/c12-6-1-2-17-8-4(6)3-5(9(13)14)7(11-8)10(15)16/h3,6,12H,1-2H2,(H,13,14)(H,15,16). The molecule has 0 fully saturated rings. The predicted molar refractivity (Wildman–Crippen MR) is 53.2 cm³/mol. The number of fused-ring (bicyclic) bond motifs is 1. The van der Waals surface area contributed by atoms with Crippen LogP contribution in [0.2, 0.25) is 0 Å². The maximum absolute atomic E-state index is 10.9. The van der Waals surface area contributed by atoms with Gasteiger partial charge in [-0.05, 0) is 6.07 Å². The summed E-state index contributed by atoms with van der Waals surface area (Å²) in [6.07, 6.45) is -0.563. The van der Waals surface area contributed by atoms with Crippen LogP contribution in [0.4, 0.5) is 0 Å². The average molecular weight is 239 g/mol. The molecule has 0 aliphatic carbocycles. The number of aromatic carboxylic acids is 2. The summed E-state index contributed by atoms with van der Waals surface area (Å²) >= 11 is 0. The first-order valence-electron chi connectivity index (χ1n) is 4.83. The van der Waals surface area contributed by atoms with Gasteiger partial charge in [-0.25, -0.2) is 14.6 Å². The van der Waals surface area contributed by atoms with Crippen LogP contribution in [-0.4, -0.2) is 38.8 Å². The number of hydrogen-bond acceptors (Lipinski definition) is 5. The molecule has 2 rings (SSSR count). The number of aromatic nitrogens is 1. The number of rotatable bonds is 2. The smallest absolute Gasteiger partial charge is 0.355 e. The number of aliphatic hydroxyl groups excluding tert-OH is 1. The molecule has 1 unspecified atom stereocenters. The Morgan fingerprint density at radius 2 is 2.06 bits per heavy atom. The maximum Gasteiger partial charge on any atom is 0.355 e. The van der Waals surface area contributed by atoms with Crippen LogP contribution in [-0.2, 0) is 0 Å². The molecule has 17 heavy (non-hydrogen) atoms. The molecule has 7 heteroatoms. The van der Waals surface area contributed by atoms with Gasteiger partial charge in [-0.2, -0.15) is 0 Å². The van der Waals surface area contributed by atoms with E-state index in [1.54, 1.807) is 0 Å². The van der Waals surface area contributed by atoms with Crippen molar-refractivity contribution in [2.24, 2.45) is 0 Å². The number of aliphatic hydroxyl groups is 1. The van der Waals surface area contributed by atoms with Crippen molar-refractivity contribution in [2.45, 2.75) is 12.5 Å². The minimum Gasteiger partial charge on any atom is -0.478 e. The largest absolute Gasteiger partial charge is 0.478 e. The van der Waals surface area contributed by atoms with Crippen molar-refractivity contribution in [3.63, 3.8) is 0 Å². The van der Waals surface area contributed by atoms with E-state index in [9.17, 15) is 14.7 Å². The van der Waals surface area contributed by atoms with Gasteiger partial charge in [0.05, 0.1) is 18.3 Å². The van der Waals surface area contributed by atoms with Crippen LogP contribution in [0.5, 0.6) is 5.88 Å². The number of carbonyl (C=O) groups is 2. The topological polar surface area (TPSA) is 117 Å². The lowest BCUT2D eigenvalue weighted by Crippen LogP contribution is -2.19. The summed E-state index contributed by atoms with van der Waals surface area (Å²) in [4.78, 5) is 25.4. The molecule has 90 valence electrons. The molecule has 3 N–H and O–H groups in total. The number of ether oxygens (including phenoxy) is 1. The van der Waals surface area contributed by atoms with E-state index in [4.69, 9.17) is 14.9 Å². The quantitative estimate of drug-likeness (QED) is 0.679. The van der Waals surface area contributed by atoms with Gasteiger partial charge in [-0.1, -0.05) is 0 Å². The Bertz CT molecular complexity index is 498. The van der Waals surface area contributed by atoms with Crippen LogP contribution in [0.3, 0.4) is 0 Å². The average Bonchev–Trinajstić information content (AvgIpc) is 2.27. The predicted octanol–water partition coefficient (Wildman–Crippen LogP) is 0.294. The first kappa shape index (κ1) is 11.3. The summed E-state index contributed by atoms with van der Waals surface area (Å²) in [5.41, 5.74) is -0.843. The van der Waals surface area contributed by atoms with Gasteiger partial charge in [0.25, 0.3) is 0 Å². The van der Waals surface area contributed by atoms with Crippen molar-refractivity contribution in [3.05, 3.63) is 22.9 Å². The summed E-state index contributed by atoms with van der Waals surface area (Å²) < 4.78 is 5.09. The van der Waals surface area contributed by atoms with Crippen LogP contribution in [0.1, 0.15) is 38.9 Å². The summed E-state index contributed by atoms with van der Waals surface area (Å²) in [5.74, 6) is -2.88. The fourth-order valence-corrected chi connectivity index (χ4v) is 1.62. The highest BCUT2D eigenvalue weighted by Crippen LogP contribution is 2.31. The van der Waals surface area contributed by atoms with Gasteiger partial charge < -0.3 is 20.1 Å². The summed E-state index contributed by atoms with van der Waals surface area (Å²) in [6, 6.07) is 1.10. The SMILES string of the molecule is O=C(O)c1cc2c(nc1C(=O)O)OCCC2O. The lowest BCUT2D eigenvalue weighted by Gasteiger charge is -2.21. The summed E-state index contributed by atoms with van der Waals surface area (Å²) in [7, 11) is 0. The molecule has 0 amide bonds. The Morgan fingerprint density at radius 3 is 2.65 bits per heavy atom. The Balaban J connectivity index is 2.63. The number of pyridine rings is 1. The third-order valence-electron chi connectivity index (χ3n) is 2.44. The number of carboxylic acids is 2. The van der Waals surface area contributed by atoms with Gasteiger partial charge in [-0.15, -0.1) is 0 Å². The highest BCUT2D eigenvalue weighted by molar-refractivity contribution is 6.00. The molecule has 1 aliphatic rings. The number of nitrogens with zero attached hydrogens (tertiary/aromatic N) is 1. The molecule has 0 saturated heterocycles. The van der Waals surface area contributed by atoms with E-state index in [-0.39, 0.29) is 18.1 Å². The number of carboxylic acid groups (broad SMARTS) is 2.